The minimum atomic E-state index is 0.0683. The van der Waals surface area contributed by atoms with E-state index >= 15 is 0 Å². The third-order valence-corrected chi connectivity index (χ3v) is 3.10. The SMILES string of the molecule is COc1cc(C)c(NCC(C)(C)CN)cc1Cl. The Bertz CT molecular complexity index is 391. The Kier molecular flexibility index (Phi) is 4.66. The highest BCUT2D eigenvalue weighted by molar-refractivity contribution is 6.32. The highest BCUT2D eigenvalue weighted by atomic mass is 35.5. The molecule has 0 aliphatic heterocycles. The van der Waals surface area contributed by atoms with Crippen molar-refractivity contribution in [1.82, 2.24) is 0 Å². The van der Waals surface area contributed by atoms with Gasteiger partial charge in [0.05, 0.1) is 12.1 Å². The number of ether oxygens (including phenoxy) is 1. The maximum Gasteiger partial charge on any atom is 0.137 e. The maximum absolute atomic E-state index is 6.10. The van der Waals surface area contributed by atoms with E-state index in [-0.39, 0.29) is 5.41 Å². The molecule has 0 radical (unpaired) electrons. The molecule has 0 bridgehead atoms. The zero-order valence-electron chi connectivity index (χ0n) is 10.9. The fourth-order valence-electron chi connectivity index (χ4n) is 1.41. The molecule has 0 aliphatic rings. The Hall–Kier alpha value is -0.930. The highest BCUT2D eigenvalue weighted by Gasteiger charge is 2.16. The van der Waals surface area contributed by atoms with Crippen molar-refractivity contribution in [3.8, 4) is 5.75 Å². The number of aryl methyl sites for hydroxylation is 1. The van der Waals surface area contributed by atoms with Crippen molar-refractivity contribution >= 4 is 17.3 Å². The van der Waals surface area contributed by atoms with Gasteiger partial charge in [0.25, 0.3) is 0 Å². The first kappa shape index (κ1) is 14.1. The van der Waals surface area contributed by atoms with Crippen LogP contribution in [0.2, 0.25) is 5.02 Å². The van der Waals surface area contributed by atoms with Gasteiger partial charge in [0.2, 0.25) is 0 Å². The lowest BCUT2D eigenvalue weighted by Gasteiger charge is -2.24. The molecule has 4 heteroatoms. The van der Waals surface area contributed by atoms with Crippen molar-refractivity contribution in [1.29, 1.82) is 0 Å². The Labute approximate surface area is 108 Å². The van der Waals surface area contributed by atoms with Gasteiger partial charge in [-0.15, -0.1) is 0 Å². The molecule has 1 aromatic rings. The monoisotopic (exact) mass is 256 g/mol. The van der Waals surface area contributed by atoms with Gasteiger partial charge in [-0.25, -0.2) is 0 Å². The Morgan fingerprint density at radius 2 is 2.06 bits per heavy atom. The van der Waals surface area contributed by atoms with Crippen molar-refractivity contribution in [3.63, 3.8) is 0 Å². The molecule has 17 heavy (non-hydrogen) atoms. The van der Waals surface area contributed by atoms with Crippen molar-refractivity contribution < 1.29 is 4.74 Å². The predicted molar refractivity (Wildman–Crippen MR) is 74.1 cm³/mol. The summed E-state index contributed by atoms with van der Waals surface area (Å²) in [5.74, 6) is 0.702. The average Bonchev–Trinajstić information content (AvgIpc) is 2.29. The maximum atomic E-state index is 6.10. The highest BCUT2D eigenvalue weighted by Crippen LogP contribution is 2.31. The van der Waals surface area contributed by atoms with Crippen LogP contribution in [0.25, 0.3) is 0 Å². The van der Waals surface area contributed by atoms with Crippen LogP contribution < -0.4 is 15.8 Å². The van der Waals surface area contributed by atoms with E-state index < -0.39 is 0 Å². The summed E-state index contributed by atoms with van der Waals surface area (Å²) in [5.41, 5.74) is 7.90. The number of anilines is 1. The van der Waals surface area contributed by atoms with Gasteiger partial charge in [-0.05, 0) is 36.6 Å². The van der Waals surface area contributed by atoms with Gasteiger partial charge >= 0.3 is 0 Å². The largest absolute Gasteiger partial charge is 0.495 e. The first-order chi connectivity index (χ1) is 7.89. The topological polar surface area (TPSA) is 47.3 Å². The second-order valence-corrected chi connectivity index (χ2v) is 5.43. The van der Waals surface area contributed by atoms with Gasteiger partial charge in [0.15, 0.2) is 0 Å². The van der Waals surface area contributed by atoms with Crippen LogP contribution in [0.4, 0.5) is 5.69 Å². The molecule has 0 heterocycles. The summed E-state index contributed by atoms with van der Waals surface area (Å²) in [4.78, 5) is 0. The number of benzene rings is 1. The van der Waals surface area contributed by atoms with Crippen molar-refractivity contribution in [2.24, 2.45) is 11.1 Å². The zero-order chi connectivity index (χ0) is 13.1. The van der Waals surface area contributed by atoms with E-state index in [9.17, 15) is 0 Å². The second kappa shape index (κ2) is 5.61. The molecule has 0 spiro atoms. The molecule has 96 valence electrons. The van der Waals surface area contributed by atoms with E-state index in [1.165, 1.54) is 0 Å². The van der Waals surface area contributed by atoms with E-state index in [0.29, 0.717) is 17.3 Å². The van der Waals surface area contributed by atoms with Crippen molar-refractivity contribution in [3.05, 3.63) is 22.7 Å². The van der Waals surface area contributed by atoms with Crippen LogP contribution >= 0.6 is 11.6 Å². The lowest BCUT2D eigenvalue weighted by atomic mass is 9.94. The molecular weight excluding hydrogens is 236 g/mol. The van der Waals surface area contributed by atoms with Crippen molar-refractivity contribution in [2.75, 3.05) is 25.5 Å². The van der Waals surface area contributed by atoms with Crippen molar-refractivity contribution in [2.45, 2.75) is 20.8 Å². The molecule has 0 aromatic heterocycles. The Morgan fingerprint density at radius 3 is 2.59 bits per heavy atom. The smallest absolute Gasteiger partial charge is 0.137 e. The van der Waals surface area contributed by atoms with Crippen LogP contribution in [-0.4, -0.2) is 20.2 Å². The fourth-order valence-corrected chi connectivity index (χ4v) is 1.65. The summed E-state index contributed by atoms with van der Waals surface area (Å²) in [6.45, 7) is 7.73. The molecule has 1 rings (SSSR count). The van der Waals surface area contributed by atoms with Crippen LogP contribution in [0, 0.1) is 12.3 Å². The van der Waals surface area contributed by atoms with Crippen LogP contribution in [0.5, 0.6) is 5.75 Å². The van der Waals surface area contributed by atoms with Crippen LogP contribution in [0.1, 0.15) is 19.4 Å². The molecule has 1 aromatic carbocycles. The summed E-state index contributed by atoms with van der Waals surface area (Å²) >= 11 is 6.10. The fraction of sp³-hybridized carbons (Fsp3) is 0.538. The Morgan fingerprint density at radius 1 is 1.41 bits per heavy atom. The van der Waals surface area contributed by atoms with E-state index in [1.54, 1.807) is 7.11 Å². The summed E-state index contributed by atoms with van der Waals surface area (Å²) in [6.07, 6.45) is 0. The summed E-state index contributed by atoms with van der Waals surface area (Å²) in [6, 6.07) is 3.82. The third kappa shape index (κ3) is 3.79. The standard InChI is InChI=1S/C13H21ClN2O/c1-9-5-12(17-4)10(14)6-11(9)16-8-13(2,3)7-15/h5-6,16H,7-8,15H2,1-4H3. The molecule has 0 amide bonds. The number of rotatable bonds is 5. The molecule has 0 atom stereocenters. The van der Waals surface area contributed by atoms with Gasteiger partial charge in [0.1, 0.15) is 5.75 Å². The number of halogens is 1. The van der Waals surface area contributed by atoms with Crippen LogP contribution in [0.15, 0.2) is 12.1 Å². The average molecular weight is 257 g/mol. The van der Waals surface area contributed by atoms with E-state index in [0.717, 1.165) is 17.8 Å². The van der Waals surface area contributed by atoms with Crippen LogP contribution in [-0.2, 0) is 0 Å². The van der Waals surface area contributed by atoms with E-state index in [2.05, 4.69) is 19.2 Å². The van der Waals surface area contributed by atoms with E-state index in [1.807, 2.05) is 19.1 Å². The minimum Gasteiger partial charge on any atom is -0.495 e. The first-order valence-electron chi connectivity index (χ1n) is 5.67. The number of hydrogen-bond acceptors (Lipinski definition) is 3. The van der Waals surface area contributed by atoms with Gasteiger partial charge in [0, 0.05) is 12.2 Å². The van der Waals surface area contributed by atoms with E-state index in [4.69, 9.17) is 22.1 Å². The molecule has 0 unspecified atom stereocenters. The molecule has 3 nitrogen and oxygen atoms in total. The zero-order valence-corrected chi connectivity index (χ0v) is 11.7. The summed E-state index contributed by atoms with van der Waals surface area (Å²) < 4.78 is 5.17. The summed E-state index contributed by atoms with van der Waals surface area (Å²) in [5, 5.41) is 3.99. The lowest BCUT2D eigenvalue weighted by molar-refractivity contribution is 0.405. The van der Waals surface area contributed by atoms with Crippen LogP contribution in [0.3, 0.4) is 0 Å². The number of methoxy groups -OCH3 is 1. The minimum absolute atomic E-state index is 0.0683. The lowest BCUT2D eigenvalue weighted by Crippen LogP contribution is -2.31. The van der Waals surface area contributed by atoms with Gasteiger partial charge < -0.3 is 15.8 Å². The molecule has 0 saturated heterocycles. The number of nitrogens with one attached hydrogen (secondary N) is 1. The first-order valence-corrected chi connectivity index (χ1v) is 6.05. The number of nitrogens with two attached hydrogens (primary N) is 1. The predicted octanol–water partition coefficient (Wildman–Crippen LogP) is 3.05. The quantitative estimate of drug-likeness (QED) is 0.851. The van der Waals surface area contributed by atoms with Gasteiger partial charge in [-0.2, -0.15) is 0 Å². The summed E-state index contributed by atoms with van der Waals surface area (Å²) in [7, 11) is 1.62. The molecule has 0 fully saturated rings. The van der Waals surface area contributed by atoms with Gasteiger partial charge in [-0.1, -0.05) is 25.4 Å². The molecule has 0 saturated carbocycles. The second-order valence-electron chi connectivity index (χ2n) is 5.02. The molecule has 3 N–H and O–H groups in total. The normalized spacial score (nSPS) is 11.4. The third-order valence-electron chi connectivity index (χ3n) is 2.81. The van der Waals surface area contributed by atoms with Gasteiger partial charge in [-0.3, -0.25) is 0 Å². The molecule has 0 aliphatic carbocycles. The Balaban J connectivity index is 2.82. The number of hydrogen-bond donors (Lipinski definition) is 2. The molecular formula is C13H21ClN2O.